The molecule has 4 aliphatic rings. The molecule has 1 saturated carbocycles. The number of nitrogens with zero attached hydrogens (tertiary/aromatic N) is 1. The van der Waals surface area contributed by atoms with Crippen molar-refractivity contribution in [3.63, 3.8) is 0 Å². The molecule has 0 radical (unpaired) electrons. The minimum absolute atomic E-state index is 0.00515. The van der Waals surface area contributed by atoms with E-state index < -0.39 is 0 Å². The first kappa shape index (κ1) is 24.8. The molecule has 1 unspecified atom stereocenters. The maximum atomic E-state index is 14.3. The number of amides is 2. The molecule has 198 valence electrons. The summed E-state index contributed by atoms with van der Waals surface area (Å²) in [7, 11) is 1.69. The number of carbonyl (C=O) groups is 2. The fraction of sp³-hybridized carbons (Fsp3) is 0.438. The van der Waals surface area contributed by atoms with E-state index in [2.05, 4.69) is 52.0 Å². The SMILES string of the molecule is COc1ccc2c(c1)[C@H]1[C@H](CCN1C(=O)[C@H]1CCCC[C@H]1NC(=O)c1ccccc1)[C@H](C1C=CC=CC1)N2. The highest BCUT2D eigenvalue weighted by Crippen LogP contribution is 2.50. The Hall–Kier alpha value is -3.54. The molecular formula is C32H37N3O3. The molecule has 38 heavy (non-hydrogen) atoms. The third-order valence-electron chi connectivity index (χ3n) is 9.00. The molecule has 0 aromatic heterocycles. The molecule has 0 spiro atoms. The summed E-state index contributed by atoms with van der Waals surface area (Å²) in [4.78, 5) is 29.5. The summed E-state index contributed by atoms with van der Waals surface area (Å²) in [5.41, 5.74) is 2.88. The summed E-state index contributed by atoms with van der Waals surface area (Å²) < 4.78 is 5.59. The molecule has 6 heteroatoms. The van der Waals surface area contributed by atoms with Crippen molar-refractivity contribution in [2.75, 3.05) is 19.0 Å². The van der Waals surface area contributed by atoms with E-state index in [-0.39, 0.29) is 35.9 Å². The topological polar surface area (TPSA) is 70.7 Å². The van der Waals surface area contributed by atoms with Crippen LogP contribution in [-0.4, -0.2) is 42.5 Å². The lowest BCUT2D eigenvalue weighted by Crippen LogP contribution is -2.51. The van der Waals surface area contributed by atoms with Crippen LogP contribution in [0.1, 0.15) is 60.5 Å². The van der Waals surface area contributed by atoms with E-state index in [0.29, 0.717) is 17.4 Å². The van der Waals surface area contributed by atoms with Gasteiger partial charge in [-0.2, -0.15) is 0 Å². The molecule has 1 saturated heterocycles. The Bertz CT molecular complexity index is 1240. The van der Waals surface area contributed by atoms with Crippen LogP contribution in [0.3, 0.4) is 0 Å². The molecule has 2 aromatic carbocycles. The number of fused-ring (bicyclic) bond motifs is 3. The second-order valence-electron chi connectivity index (χ2n) is 11.1. The largest absolute Gasteiger partial charge is 0.497 e. The molecule has 2 amide bonds. The van der Waals surface area contributed by atoms with Gasteiger partial charge in [-0.3, -0.25) is 9.59 Å². The first-order valence-corrected chi connectivity index (χ1v) is 14.1. The summed E-state index contributed by atoms with van der Waals surface area (Å²) in [6.07, 6.45) is 14.5. The third-order valence-corrected chi connectivity index (χ3v) is 9.00. The van der Waals surface area contributed by atoms with Crippen molar-refractivity contribution in [1.29, 1.82) is 0 Å². The fourth-order valence-electron chi connectivity index (χ4n) is 7.11. The number of ether oxygens (including phenoxy) is 1. The van der Waals surface area contributed by atoms with Gasteiger partial charge in [0.15, 0.2) is 0 Å². The van der Waals surface area contributed by atoms with Crippen LogP contribution in [0.25, 0.3) is 0 Å². The highest BCUT2D eigenvalue weighted by Gasteiger charge is 2.49. The average Bonchev–Trinajstić information content (AvgIpc) is 3.43. The predicted octanol–water partition coefficient (Wildman–Crippen LogP) is 5.50. The minimum Gasteiger partial charge on any atom is -0.497 e. The second-order valence-corrected chi connectivity index (χ2v) is 11.1. The van der Waals surface area contributed by atoms with Gasteiger partial charge in [0.05, 0.1) is 19.1 Å². The molecule has 2 aliphatic heterocycles. The van der Waals surface area contributed by atoms with E-state index in [4.69, 9.17) is 4.74 Å². The van der Waals surface area contributed by atoms with E-state index in [1.165, 1.54) is 0 Å². The number of anilines is 1. The summed E-state index contributed by atoms with van der Waals surface area (Å²) in [6, 6.07) is 15.6. The van der Waals surface area contributed by atoms with Gasteiger partial charge in [0.2, 0.25) is 5.91 Å². The lowest BCUT2D eigenvalue weighted by molar-refractivity contribution is -0.139. The van der Waals surface area contributed by atoms with Gasteiger partial charge < -0.3 is 20.3 Å². The van der Waals surface area contributed by atoms with Crippen LogP contribution in [0.2, 0.25) is 0 Å². The minimum atomic E-state index is -0.199. The van der Waals surface area contributed by atoms with Crippen molar-refractivity contribution in [1.82, 2.24) is 10.2 Å². The number of allylic oxidation sites excluding steroid dienone is 3. The van der Waals surface area contributed by atoms with E-state index in [0.717, 1.165) is 62.1 Å². The number of carbonyl (C=O) groups excluding carboxylic acids is 2. The quantitative estimate of drug-likeness (QED) is 0.556. The van der Waals surface area contributed by atoms with Crippen LogP contribution in [0, 0.1) is 17.8 Å². The Morgan fingerprint density at radius 1 is 1.03 bits per heavy atom. The maximum Gasteiger partial charge on any atom is 0.251 e. The van der Waals surface area contributed by atoms with Crippen molar-refractivity contribution < 1.29 is 14.3 Å². The Morgan fingerprint density at radius 3 is 2.66 bits per heavy atom. The smallest absolute Gasteiger partial charge is 0.251 e. The van der Waals surface area contributed by atoms with Gasteiger partial charge in [-0.1, -0.05) is 55.3 Å². The second kappa shape index (κ2) is 10.7. The molecule has 6 rings (SSSR count). The van der Waals surface area contributed by atoms with Crippen molar-refractivity contribution >= 4 is 17.5 Å². The molecule has 2 aromatic rings. The van der Waals surface area contributed by atoms with Gasteiger partial charge in [0.1, 0.15) is 5.75 Å². The maximum absolute atomic E-state index is 14.3. The number of nitrogens with one attached hydrogen (secondary N) is 2. The normalized spacial score (nSPS) is 29.7. The molecule has 0 bridgehead atoms. The molecule has 2 fully saturated rings. The molecule has 6 nitrogen and oxygen atoms in total. The highest BCUT2D eigenvalue weighted by atomic mass is 16.5. The van der Waals surface area contributed by atoms with E-state index in [1.54, 1.807) is 7.11 Å². The standard InChI is InChI=1S/C32H37N3O3/c1-38-23-16-17-28-26(20-23)30-25(29(33-28)21-10-4-2-5-11-21)18-19-35(30)32(37)24-14-8-9-15-27(24)34-31(36)22-12-6-3-7-13-22/h2-7,10,12-13,16-17,20-21,24-25,27,29-30,33H,8-9,11,14-15,18-19H2,1H3,(H,34,36)/t21?,24-,25+,27+,29-,30+/m0/s1. The van der Waals surface area contributed by atoms with Crippen molar-refractivity contribution in [2.45, 2.75) is 56.7 Å². The lowest BCUT2D eigenvalue weighted by Gasteiger charge is -2.44. The number of benzene rings is 2. The monoisotopic (exact) mass is 511 g/mol. The van der Waals surface area contributed by atoms with Gasteiger partial charge in [-0.25, -0.2) is 0 Å². The molecule has 6 atom stereocenters. The van der Waals surface area contributed by atoms with E-state index >= 15 is 0 Å². The zero-order valence-electron chi connectivity index (χ0n) is 22.0. The Balaban J connectivity index is 1.29. The number of hydrogen-bond acceptors (Lipinski definition) is 4. The van der Waals surface area contributed by atoms with Gasteiger partial charge in [-0.15, -0.1) is 0 Å². The molecule has 2 heterocycles. The third kappa shape index (κ3) is 4.61. The Labute approximate surface area is 225 Å². The van der Waals surface area contributed by atoms with Crippen LogP contribution in [0.15, 0.2) is 72.8 Å². The van der Waals surface area contributed by atoms with E-state index in [9.17, 15) is 9.59 Å². The number of likely N-dealkylation sites (tertiary alicyclic amines) is 1. The van der Waals surface area contributed by atoms with Gasteiger partial charge in [-0.05, 0) is 56.0 Å². The number of rotatable bonds is 5. The number of hydrogen-bond donors (Lipinski definition) is 2. The summed E-state index contributed by atoms with van der Waals surface area (Å²) >= 11 is 0. The summed E-state index contributed by atoms with van der Waals surface area (Å²) in [5, 5.41) is 7.07. The Morgan fingerprint density at radius 2 is 1.87 bits per heavy atom. The van der Waals surface area contributed by atoms with Gasteiger partial charge >= 0.3 is 0 Å². The van der Waals surface area contributed by atoms with Gasteiger partial charge in [0.25, 0.3) is 5.91 Å². The highest BCUT2D eigenvalue weighted by molar-refractivity contribution is 5.95. The molecule has 2 N–H and O–H groups in total. The zero-order chi connectivity index (χ0) is 26.1. The Kier molecular flexibility index (Phi) is 6.96. The predicted molar refractivity (Wildman–Crippen MR) is 149 cm³/mol. The lowest BCUT2D eigenvalue weighted by atomic mass is 9.75. The van der Waals surface area contributed by atoms with Crippen molar-refractivity contribution in [3.8, 4) is 5.75 Å². The first-order chi connectivity index (χ1) is 18.6. The van der Waals surface area contributed by atoms with Crippen LogP contribution in [0.5, 0.6) is 5.75 Å². The summed E-state index contributed by atoms with van der Waals surface area (Å²) in [6.45, 7) is 0.741. The molecule has 2 aliphatic carbocycles. The zero-order valence-corrected chi connectivity index (χ0v) is 22.0. The van der Waals surface area contributed by atoms with Gasteiger partial charge in [0, 0.05) is 47.3 Å². The summed E-state index contributed by atoms with van der Waals surface area (Å²) in [5.74, 6) is 1.42. The van der Waals surface area contributed by atoms with Crippen molar-refractivity contribution in [3.05, 3.63) is 84.0 Å². The average molecular weight is 512 g/mol. The number of methoxy groups -OCH3 is 1. The van der Waals surface area contributed by atoms with Crippen molar-refractivity contribution in [2.24, 2.45) is 17.8 Å². The first-order valence-electron chi connectivity index (χ1n) is 14.1. The fourth-order valence-corrected chi connectivity index (χ4v) is 7.11. The van der Waals surface area contributed by atoms with Crippen LogP contribution in [-0.2, 0) is 4.79 Å². The van der Waals surface area contributed by atoms with Crippen LogP contribution >= 0.6 is 0 Å². The molecular weight excluding hydrogens is 474 g/mol. The van der Waals surface area contributed by atoms with Crippen LogP contribution < -0.4 is 15.4 Å². The van der Waals surface area contributed by atoms with Crippen LogP contribution in [0.4, 0.5) is 5.69 Å². The van der Waals surface area contributed by atoms with E-state index in [1.807, 2.05) is 36.4 Å².